The summed E-state index contributed by atoms with van der Waals surface area (Å²) in [5, 5.41) is 8.67. The minimum atomic E-state index is -3.75. The minimum Gasteiger partial charge on any atom is -0.478 e. The summed E-state index contributed by atoms with van der Waals surface area (Å²) < 4.78 is 41.1. The van der Waals surface area contributed by atoms with E-state index in [4.69, 9.17) is 9.84 Å². The first kappa shape index (κ1) is 13.6. The second-order valence-corrected chi connectivity index (χ2v) is 5.11. The molecule has 0 saturated heterocycles. The zero-order valence-corrected chi connectivity index (χ0v) is 9.83. The van der Waals surface area contributed by atoms with Crippen LogP contribution < -0.4 is 0 Å². The molecule has 0 spiro atoms. The zero-order chi connectivity index (χ0) is 13.1. The third-order valence-corrected chi connectivity index (χ3v) is 3.42. The molecule has 0 aliphatic heterocycles. The predicted molar refractivity (Wildman–Crippen MR) is 57.0 cm³/mol. The van der Waals surface area contributed by atoms with Crippen molar-refractivity contribution in [3.05, 3.63) is 29.6 Å². The van der Waals surface area contributed by atoms with Gasteiger partial charge < -0.3 is 9.84 Å². The highest BCUT2D eigenvalue weighted by Gasteiger charge is 2.19. The van der Waals surface area contributed by atoms with Gasteiger partial charge in [-0.2, -0.15) is 0 Å². The number of carboxylic acids is 1. The molecular weight excluding hydrogens is 251 g/mol. The van der Waals surface area contributed by atoms with E-state index in [1.165, 1.54) is 0 Å². The molecule has 17 heavy (non-hydrogen) atoms. The minimum absolute atomic E-state index is 0.214. The predicted octanol–water partition coefficient (Wildman–Crippen LogP) is 1.29. The highest BCUT2D eigenvalue weighted by molar-refractivity contribution is 7.91. The van der Waals surface area contributed by atoms with E-state index >= 15 is 0 Å². The van der Waals surface area contributed by atoms with Crippen LogP contribution in [-0.2, 0) is 14.6 Å². The molecule has 1 N–H and O–H groups in total. The van der Waals surface area contributed by atoms with Crippen molar-refractivity contribution in [2.45, 2.75) is 11.8 Å². The van der Waals surface area contributed by atoms with E-state index in [1.807, 2.05) is 0 Å². The lowest BCUT2D eigenvalue weighted by atomic mass is 10.2. The van der Waals surface area contributed by atoms with E-state index in [2.05, 4.69) is 0 Å². The molecule has 0 amide bonds. The van der Waals surface area contributed by atoms with Crippen LogP contribution in [0.4, 0.5) is 4.39 Å². The van der Waals surface area contributed by atoms with Crippen LogP contribution in [0.3, 0.4) is 0 Å². The van der Waals surface area contributed by atoms with Crippen molar-refractivity contribution in [2.75, 3.05) is 12.5 Å². The van der Waals surface area contributed by atoms with Gasteiger partial charge in [0, 0.05) is 6.61 Å². The van der Waals surface area contributed by atoms with E-state index in [0.29, 0.717) is 0 Å². The topological polar surface area (TPSA) is 80.7 Å². The lowest BCUT2D eigenvalue weighted by Crippen LogP contribution is -2.11. The fraction of sp³-hybridized carbons (Fsp3) is 0.300. The number of carbonyl (C=O) groups is 1. The molecule has 94 valence electrons. The van der Waals surface area contributed by atoms with Crippen molar-refractivity contribution >= 4 is 15.8 Å². The largest absolute Gasteiger partial charge is 0.478 e. The van der Waals surface area contributed by atoms with Gasteiger partial charge in [-0.3, -0.25) is 0 Å². The monoisotopic (exact) mass is 262 g/mol. The Morgan fingerprint density at radius 1 is 1.47 bits per heavy atom. The summed E-state index contributed by atoms with van der Waals surface area (Å²) in [6, 6.07) is 2.60. The smallest absolute Gasteiger partial charge is 0.338 e. The number of hydrogen-bond acceptors (Lipinski definition) is 4. The third kappa shape index (κ3) is 3.24. The van der Waals surface area contributed by atoms with Gasteiger partial charge in [0.05, 0.1) is 10.5 Å². The standard InChI is InChI=1S/C10H11FO5S/c1-2-16-6-17(14,15)7-3-4-9(11)8(5-7)10(12)13/h3-5H,2,6H2,1H3,(H,12,13). The van der Waals surface area contributed by atoms with E-state index in [1.54, 1.807) is 6.92 Å². The molecule has 0 atom stereocenters. The number of hydrogen-bond donors (Lipinski definition) is 1. The number of rotatable bonds is 5. The first-order valence-electron chi connectivity index (χ1n) is 4.72. The number of carboxylic acid groups (broad SMARTS) is 1. The van der Waals surface area contributed by atoms with Crippen LogP contribution in [0.15, 0.2) is 23.1 Å². The molecule has 0 radical (unpaired) electrons. The van der Waals surface area contributed by atoms with E-state index < -0.39 is 33.1 Å². The van der Waals surface area contributed by atoms with Gasteiger partial charge in [-0.25, -0.2) is 17.6 Å². The maximum Gasteiger partial charge on any atom is 0.338 e. The molecule has 1 aromatic carbocycles. The molecular formula is C10H11FO5S. The summed E-state index contributed by atoms with van der Waals surface area (Å²) in [4.78, 5) is 10.4. The summed E-state index contributed by atoms with van der Waals surface area (Å²) >= 11 is 0. The fourth-order valence-electron chi connectivity index (χ4n) is 1.12. The van der Waals surface area contributed by atoms with Gasteiger partial charge in [0.2, 0.25) is 9.84 Å². The quantitative estimate of drug-likeness (QED) is 0.809. The molecule has 0 heterocycles. The molecule has 5 nitrogen and oxygen atoms in total. The number of ether oxygens (including phenoxy) is 1. The van der Waals surface area contributed by atoms with Gasteiger partial charge in [-0.15, -0.1) is 0 Å². The molecule has 7 heteroatoms. The Bertz CT molecular complexity index is 523. The first-order valence-corrected chi connectivity index (χ1v) is 6.37. The lowest BCUT2D eigenvalue weighted by Gasteiger charge is -2.05. The molecule has 0 saturated carbocycles. The molecule has 0 unspecified atom stereocenters. The Morgan fingerprint density at radius 3 is 2.65 bits per heavy atom. The summed E-state index contributed by atoms with van der Waals surface area (Å²) in [5.41, 5.74) is -0.678. The molecule has 0 fully saturated rings. The van der Waals surface area contributed by atoms with Crippen molar-refractivity contribution in [3.8, 4) is 0 Å². The van der Waals surface area contributed by atoms with Crippen molar-refractivity contribution in [3.63, 3.8) is 0 Å². The molecule has 1 aromatic rings. The van der Waals surface area contributed by atoms with Crippen LogP contribution in [0.1, 0.15) is 17.3 Å². The SMILES string of the molecule is CCOCS(=O)(=O)c1ccc(F)c(C(=O)O)c1. The van der Waals surface area contributed by atoms with E-state index in [9.17, 15) is 17.6 Å². The highest BCUT2D eigenvalue weighted by Crippen LogP contribution is 2.16. The van der Waals surface area contributed by atoms with Gasteiger partial charge in [-0.05, 0) is 25.1 Å². The average molecular weight is 262 g/mol. The van der Waals surface area contributed by atoms with E-state index in [-0.39, 0.29) is 11.5 Å². The molecule has 0 aliphatic rings. The van der Waals surface area contributed by atoms with Crippen molar-refractivity contribution in [2.24, 2.45) is 0 Å². The number of sulfone groups is 1. The highest BCUT2D eigenvalue weighted by atomic mass is 32.2. The van der Waals surface area contributed by atoms with Crippen LogP contribution >= 0.6 is 0 Å². The van der Waals surface area contributed by atoms with Gasteiger partial charge in [0.15, 0.2) is 5.94 Å². The summed E-state index contributed by atoms with van der Waals surface area (Å²) in [6.45, 7) is 1.84. The van der Waals surface area contributed by atoms with Gasteiger partial charge >= 0.3 is 5.97 Å². The second kappa shape index (κ2) is 5.24. The van der Waals surface area contributed by atoms with Crippen molar-refractivity contribution in [1.29, 1.82) is 0 Å². The van der Waals surface area contributed by atoms with E-state index in [0.717, 1.165) is 18.2 Å². The number of benzene rings is 1. The maximum absolute atomic E-state index is 13.1. The third-order valence-electron chi connectivity index (χ3n) is 1.97. The summed E-state index contributed by atoms with van der Waals surface area (Å²) in [5.74, 6) is -3.06. The Labute approximate surface area is 97.8 Å². The van der Waals surface area contributed by atoms with Crippen molar-refractivity contribution < 1.29 is 27.4 Å². The van der Waals surface area contributed by atoms with Crippen LogP contribution in [0.5, 0.6) is 0 Å². The summed E-state index contributed by atoms with van der Waals surface area (Å²) in [6.07, 6.45) is 0. The van der Waals surface area contributed by atoms with Crippen LogP contribution in [0, 0.1) is 5.82 Å². The van der Waals surface area contributed by atoms with Gasteiger partial charge in [0.25, 0.3) is 0 Å². The maximum atomic E-state index is 13.1. The lowest BCUT2D eigenvalue weighted by molar-refractivity contribution is 0.0691. The Hall–Kier alpha value is -1.47. The van der Waals surface area contributed by atoms with Crippen molar-refractivity contribution in [1.82, 2.24) is 0 Å². The molecule has 0 aromatic heterocycles. The second-order valence-electron chi connectivity index (χ2n) is 3.17. The Morgan fingerprint density at radius 2 is 2.12 bits per heavy atom. The number of halogens is 1. The first-order chi connectivity index (χ1) is 7.88. The molecule has 1 rings (SSSR count). The van der Waals surface area contributed by atoms with Crippen LogP contribution in [0.25, 0.3) is 0 Å². The number of aromatic carboxylic acids is 1. The fourth-order valence-corrected chi connectivity index (χ4v) is 2.22. The van der Waals surface area contributed by atoms with Crippen LogP contribution in [-0.4, -0.2) is 32.0 Å². The van der Waals surface area contributed by atoms with Gasteiger partial charge in [0.1, 0.15) is 5.82 Å². The molecule has 0 aliphatic carbocycles. The Kier molecular flexibility index (Phi) is 4.19. The zero-order valence-electron chi connectivity index (χ0n) is 9.01. The normalized spacial score (nSPS) is 11.4. The molecule has 0 bridgehead atoms. The Balaban J connectivity index is 3.16. The summed E-state index contributed by atoms with van der Waals surface area (Å²) in [7, 11) is -3.75. The van der Waals surface area contributed by atoms with Gasteiger partial charge in [-0.1, -0.05) is 0 Å². The van der Waals surface area contributed by atoms with Crippen LogP contribution in [0.2, 0.25) is 0 Å². The average Bonchev–Trinajstić information content (AvgIpc) is 2.26.